The van der Waals surface area contributed by atoms with E-state index in [0.29, 0.717) is 36.0 Å². The smallest absolute Gasteiger partial charge is 0.222 e. The van der Waals surface area contributed by atoms with Gasteiger partial charge >= 0.3 is 0 Å². The number of aromatic nitrogens is 5. The van der Waals surface area contributed by atoms with Crippen molar-refractivity contribution in [2.45, 2.75) is 57.8 Å². The summed E-state index contributed by atoms with van der Waals surface area (Å²) < 4.78 is 7.36. The Morgan fingerprint density at radius 2 is 1.91 bits per heavy atom. The third-order valence-corrected chi connectivity index (χ3v) is 6.83. The lowest BCUT2D eigenvalue weighted by Crippen LogP contribution is -2.77. The highest BCUT2D eigenvalue weighted by atomic mass is 16.5. The molecule has 11 heteroatoms. The van der Waals surface area contributed by atoms with Gasteiger partial charge in [-0.25, -0.2) is 4.98 Å². The van der Waals surface area contributed by atoms with Gasteiger partial charge < -0.3 is 21.3 Å². The van der Waals surface area contributed by atoms with E-state index < -0.39 is 0 Å². The third kappa shape index (κ3) is 5.47. The second kappa shape index (κ2) is 11.1. The van der Waals surface area contributed by atoms with Crippen LogP contribution in [0.25, 0.3) is 11.0 Å². The van der Waals surface area contributed by atoms with Gasteiger partial charge in [-0.3, -0.25) is 19.5 Å². The molecule has 35 heavy (non-hydrogen) atoms. The Morgan fingerprint density at radius 1 is 1.09 bits per heavy atom. The topological polar surface area (TPSA) is 144 Å². The van der Waals surface area contributed by atoms with Crippen LogP contribution in [0.2, 0.25) is 0 Å². The van der Waals surface area contributed by atoms with E-state index in [1.165, 1.54) is 19.3 Å². The lowest BCUT2D eigenvalue weighted by atomic mass is 9.86. The number of nitrogens with zero attached hydrogens (tertiary/aromatic N) is 7. The first-order valence-corrected chi connectivity index (χ1v) is 12.3. The number of hydrogen-bond acceptors (Lipinski definition) is 10. The molecule has 2 atom stereocenters. The molecular weight excluding hydrogens is 446 g/mol. The lowest BCUT2D eigenvalue weighted by molar-refractivity contribution is -0.116. The molecule has 11 nitrogen and oxygen atoms in total. The first kappa shape index (κ1) is 25.1. The number of pyridine rings is 1. The molecule has 3 aromatic rings. The Morgan fingerprint density at radius 3 is 2.57 bits per heavy atom. The van der Waals surface area contributed by atoms with Crippen LogP contribution < -0.4 is 16.2 Å². The van der Waals surface area contributed by atoms with Gasteiger partial charge in [0.2, 0.25) is 5.95 Å². The summed E-state index contributed by atoms with van der Waals surface area (Å²) >= 11 is 0. The Hall–Kier alpha value is -3.02. The summed E-state index contributed by atoms with van der Waals surface area (Å²) in [7, 11) is 3.85. The summed E-state index contributed by atoms with van der Waals surface area (Å²) in [6, 6.07) is 3.40. The lowest BCUT2D eigenvalue weighted by Gasteiger charge is -2.61. The van der Waals surface area contributed by atoms with Gasteiger partial charge in [0.25, 0.3) is 0 Å². The maximum Gasteiger partial charge on any atom is 0.222 e. The summed E-state index contributed by atoms with van der Waals surface area (Å²) in [5.74, 6) is 1.23. The minimum atomic E-state index is 0.138. The van der Waals surface area contributed by atoms with Crippen molar-refractivity contribution in [3.05, 3.63) is 29.7 Å². The normalized spacial score (nSPS) is 19.4. The van der Waals surface area contributed by atoms with Gasteiger partial charge in [-0.1, -0.05) is 26.2 Å². The molecule has 5 rings (SSSR count). The fraction of sp³-hybridized carbons (Fsp3) is 0.583. The molecule has 2 aliphatic heterocycles. The maximum absolute atomic E-state index is 8.29. The average Bonchev–Trinajstić information content (AvgIpc) is 3.24. The highest BCUT2D eigenvalue weighted by Crippen LogP contribution is 2.33. The zero-order chi connectivity index (χ0) is 24.9. The van der Waals surface area contributed by atoms with E-state index in [1.54, 1.807) is 18.0 Å². The van der Waals surface area contributed by atoms with E-state index in [2.05, 4.69) is 43.8 Å². The van der Waals surface area contributed by atoms with Gasteiger partial charge in [0.1, 0.15) is 16.8 Å². The SMILES string of the molecule is CCCCCCO.COc1cc(CN2CC3C2CN3C)ncc1Cn1ncc2nc(N)nc(N)c21. The zero-order valence-electron chi connectivity index (χ0n) is 20.9. The quantitative estimate of drug-likeness (QED) is 0.383. The average molecular weight is 484 g/mol. The van der Waals surface area contributed by atoms with E-state index in [-0.39, 0.29) is 5.95 Å². The number of likely N-dealkylation sites (N-methyl/N-ethyl adjacent to an activating group) is 1. The number of ether oxygens (including phenoxy) is 1. The molecule has 0 aromatic carbocycles. The van der Waals surface area contributed by atoms with Gasteiger partial charge in [0, 0.05) is 56.2 Å². The molecule has 5 N–H and O–H groups in total. The number of aliphatic hydroxyl groups is 1. The second-order valence-electron chi connectivity index (χ2n) is 9.28. The van der Waals surface area contributed by atoms with Crippen LogP contribution in [0, 0.1) is 0 Å². The Balaban J connectivity index is 0.000000364. The Bertz CT molecular complexity index is 1130. The van der Waals surface area contributed by atoms with Crippen LogP contribution in [-0.2, 0) is 13.1 Å². The summed E-state index contributed by atoms with van der Waals surface area (Å²) in [4.78, 5) is 17.7. The van der Waals surface area contributed by atoms with Crippen LogP contribution in [0.4, 0.5) is 11.8 Å². The Kier molecular flexibility index (Phi) is 7.99. The fourth-order valence-corrected chi connectivity index (χ4v) is 4.72. The molecule has 2 unspecified atom stereocenters. The van der Waals surface area contributed by atoms with Crippen LogP contribution in [-0.4, -0.2) is 85.6 Å². The number of aliphatic hydroxyl groups excluding tert-OH is 1. The van der Waals surface area contributed by atoms with Crippen LogP contribution >= 0.6 is 0 Å². The molecule has 2 fully saturated rings. The van der Waals surface area contributed by atoms with Gasteiger partial charge in [-0.05, 0) is 13.5 Å². The van der Waals surface area contributed by atoms with Crippen molar-refractivity contribution >= 4 is 22.8 Å². The third-order valence-electron chi connectivity index (χ3n) is 6.83. The summed E-state index contributed by atoms with van der Waals surface area (Å²) in [5.41, 5.74) is 14.9. The summed E-state index contributed by atoms with van der Waals surface area (Å²) in [5, 5.41) is 12.7. The number of anilines is 2. The molecule has 0 bridgehead atoms. The molecule has 3 aromatic heterocycles. The van der Waals surface area contributed by atoms with E-state index in [1.807, 2.05) is 12.3 Å². The molecule has 0 aliphatic carbocycles. The predicted octanol–water partition coefficient (Wildman–Crippen LogP) is 1.50. The number of piperazine rings is 1. The molecule has 5 heterocycles. The van der Waals surface area contributed by atoms with Crippen LogP contribution in [0.1, 0.15) is 43.9 Å². The first-order valence-electron chi connectivity index (χ1n) is 12.3. The van der Waals surface area contributed by atoms with E-state index in [9.17, 15) is 0 Å². The Labute approximate surface area is 206 Å². The number of likely N-dealkylation sites (tertiary alicyclic amines) is 2. The van der Waals surface area contributed by atoms with Crippen LogP contribution in [0.5, 0.6) is 5.75 Å². The van der Waals surface area contributed by atoms with Crippen molar-refractivity contribution < 1.29 is 9.84 Å². The monoisotopic (exact) mass is 483 g/mol. The number of nitrogens with two attached hydrogens (primary N) is 2. The molecule has 0 spiro atoms. The van der Waals surface area contributed by atoms with E-state index in [0.717, 1.165) is 49.1 Å². The molecule has 2 aliphatic rings. The number of hydrogen-bond donors (Lipinski definition) is 3. The molecule has 0 radical (unpaired) electrons. The largest absolute Gasteiger partial charge is 0.496 e. The molecule has 0 amide bonds. The zero-order valence-corrected chi connectivity index (χ0v) is 20.9. The van der Waals surface area contributed by atoms with Crippen LogP contribution in [0.3, 0.4) is 0 Å². The predicted molar refractivity (Wildman–Crippen MR) is 136 cm³/mol. The number of nitrogen functional groups attached to an aromatic ring is 2. The van der Waals surface area contributed by atoms with E-state index in [4.69, 9.17) is 21.3 Å². The minimum absolute atomic E-state index is 0.138. The molecule has 190 valence electrons. The first-order chi connectivity index (χ1) is 16.9. The molecule has 2 saturated heterocycles. The van der Waals surface area contributed by atoms with Crippen molar-refractivity contribution in [1.82, 2.24) is 34.5 Å². The number of unbranched alkanes of at least 4 members (excludes halogenated alkanes) is 3. The minimum Gasteiger partial charge on any atom is -0.496 e. The fourth-order valence-electron chi connectivity index (χ4n) is 4.72. The van der Waals surface area contributed by atoms with Gasteiger partial charge in [0.15, 0.2) is 5.82 Å². The molecular formula is C24H37N9O2. The van der Waals surface area contributed by atoms with Crippen molar-refractivity contribution in [3.8, 4) is 5.75 Å². The molecule has 0 saturated carbocycles. The van der Waals surface area contributed by atoms with Crippen molar-refractivity contribution in [3.63, 3.8) is 0 Å². The van der Waals surface area contributed by atoms with E-state index >= 15 is 0 Å². The van der Waals surface area contributed by atoms with Crippen molar-refractivity contribution in [2.24, 2.45) is 0 Å². The summed E-state index contributed by atoms with van der Waals surface area (Å²) in [6.45, 7) is 6.07. The van der Waals surface area contributed by atoms with Gasteiger partial charge in [0.05, 0.1) is 25.5 Å². The van der Waals surface area contributed by atoms with Crippen molar-refractivity contribution in [1.29, 1.82) is 0 Å². The number of rotatable bonds is 9. The highest BCUT2D eigenvalue weighted by molar-refractivity contribution is 5.85. The van der Waals surface area contributed by atoms with Gasteiger partial charge in [-0.2, -0.15) is 10.1 Å². The maximum atomic E-state index is 8.29. The number of fused-ring (bicyclic) bond motifs is 2. The highest BCUT2D eigenvalue weighted by Gasteiger charge is 2.49. The van der Waals surface area contributed by atoms with Gasteiger partial charge in [-0.15, -0.1) is 0 Å². The van der Waals surface area contributed by atoms with Crippen LogP contribution in [0.15, 0.2) is 18.5 Å². The second-order valence-corrected chi connectivity index (χ2v) is 9.28. The standard InChI is InChI=1S/C18H23N9O.C6H14O/c1-25-8-14-13(25)9-26(14)7-11-3-15(28-2)10(4-21-11)6-27-16-12(5-22-27)23-18(20)24-17(16)19;1-2-3-4-5-6-7/h3-5,13-14H,6-9H2,1-2H3,(H4,19,20,23,24);7H,2-6H2,1H3. The van der Waals surface area contributed by atoms with Crippen molar-refractivity contribution in [2.75, 3.05) is 45.3 Å². The number of methoxy groups -OCH3 is 1. The summed E-state index contributed by atoms with van der Waals surface area (Å²) in [6.07, 6.45) is 8.16.